The SMILES string of the molecule is CCOC(=O)c1cc(C)n(CC(=O)OC(C)C(=O)Nc2sccc2C(N)=O)c1C. The van der Waals surface area contributed by atoms with E-state index in [1.807, 2.05) is 0 Å². The van der Waals surface area contributed by atoms with E-state index in [1.54, 1.807) is 36.8 Å². The number of ether oxygens (including phenoxy) is 2. The number of anilines is 1. The van der Waals surface area contributed by atoms with Crippen LogP contribution in [0.2, 0.25) is 0 Å². The number of nitrogens with one attached hydrogen (secondary N) is 1. The number of thiophene rings is 1. The summed E-state index contributed by atoms with van der Waals surface area (Å²) in [5, 5.41) is 4.44. The summed E-state index contributed by atoms with van der Waals surface area (Å²) < 4.78 is 11.8. The van der Waals surface area contributed by atoms with Gasteiger partial charge >= 0.3 is 11.9 Å². The molecular formula is C19H23N3O6S. The Labute approximate surface area is 171 Å². The lowest BCUT2D eigenvalue weighted by Gasteiger charge is -2.15. The van der Waals surface area contributed by atoms with Gasteiger partial charge in [0.1, 0.15) is 11.5 Å². The van der Waals surface area contributed by atoms with E-state index in [-0.39, 0.29) is 18.7 Å². The van der Waals surface area contributed by atoms with Crippen LogP contribution >= 0.6 is 11.3 Å². The van der Waals surface area contributed by atoms with E-state index < -0.39 is 29.9 Å². The topological polar surface area (TPSA) is 130 Å². The van der Waals surface area contributed by atoms with Crippen molar-refractivity contribution < 1.29 is 28.7 Å². The number of carbonyl (C=O) groups excluding carboxylic acids is 4. The molecule has 1 unspecified atom stereocenters. The van der Waals surface area contributed by atoms with E-state index in [0.717, 1.165) is 11.3 Å². The highest BCUT2D eigenvalue weighted by molar-refractivity contribution is 7.14. The Balaban J connectivity index is 2.01. The Morgan fingerprint density at radius 1 is 1.24 bits per heavy atom. The average molecular weight is 421 g/mol. The Bertz CT molecular complexity index is 946. The maximum atomic E-state index is 12.3. The third-order valence-corrected chi connectivity index (χ3v) is 5.03. The molecule has 29 heavy (non-hydrogen) atoms. The van der Waals surface area contributed by atoms with Crippen molar-refractivity contribution in [3.05, 3.63) is 40.0 Å². The van der Waals surface area contributed by atoms with Gasteiger partial charge in [-0.15, -0.1) is 11.3 Å². The number of rotatable bonds is 8. The third kappa shape index (κ3) is 5.23. The van der Waals surface area contributed by atoms with E-state index in [9.17, 15) is 19.2 Å². The molecule has 0 fully saturated rings. The molecule has 0 saturated carbocycles. The maximum Gasteiger partial charge on any atom is 0.339 e. The summed E-state index contributed by atoms with van der Waals surface area (Å²) in [5.74, 6) is -2.36. The minimum absolute atomic E-state index is 0.166. The molecule has 2 rings (SSSR count). The van der Waals surface area contributed by atoms with Gasteiger partial charge in [-0.1, -0.05) is 0 Å². The molecule has 0 bridgehead atoms. The molecule has 1 atom stereocenters. The van der Waals surface area contributed by atoms with Crippen molar-refractivity contribution >= 4 is 40.1 Å². The molecule has 0 aliphatic rings. The molecule has 2 amide bonds. The summed E-state index contributed by atoms with van der Waals surface area (Å²) in [6.07, 6.45) is -1.09. The summed E-state index contributed by atoms with van der Waals surface area (Å²) in [6, 6.07) is 3.14. The van der Waals surface area contributed by atoms with E-state index in [1.165, 1.54) is 13.0 Å². The first kappa shape index (κ1) is 22.2. The van der Waals surface area contributed by atoms with Crippen molar-refractivity contribution in [1.29, 1.82) is 0 Å². The van der Waals surface area contributed by atoms with Gasteiger partial charge in [-0.05, 0) is 45.2 Å². The molecule has 2 aromatic rings. The number of amides is 2. The first-order valence-electron chi connectivity index (χ1n) is 8.87. The number of nitrogens with two attached hydrogens (primary N) is 1. The van der Waals surface area contributed by atoms with E-state index in [2.05, 4.69) is 5.32 Å². The van der Waals surface area contributed by atoms with E-state index >= 15 is 0 Å². The van der Waals surface area contributed by atoms with Gasteiger partial charge in [0.15, 0.2) is 6.10 Å². The van der Waals surface area contributed by atoms with Crippen LogP contribution in [0, 0.1) is 13.8 Å². The highest BCUT2D eigenvalue weighted by atomic mass is 32.1. The lowest BCUT2D eigenvalue weighted by Crippen LogP contribution is -2.31. The van der Waals surface area contributed by atoms with Crippen molar-refractivity contribution in [2.45, 2.75) is 40.3 Å². The fourth-order valence-corrected chi connectivity index (χ4v) is 3.49. The summed E-state index contributed by atoms with van der Waals surface area (Å²) in [4.78, 5) is 47.9. The number of nitrogens with zero attached hydrogens (tertiary/aromatic N) is 1. The summed E-state index contributed by atoms with van der Waals surface area (Å²) in [7, 11) is 0. The Hall–Kier alpha value is -3.14. The van der Waals surface area contributed by atoms with Crippen LogP contribution in [-0.2, 0) is 25.6 Å². The molecule has 0 spiro atoms. The lowest BCUT2D eigenvalue weighted by molar-refractivity contribution is -0.153. The van der Waals surface area contributed by atoms with Gasteiger partial charge in [0, 0.05) is 11.4 Å². The molecule has 0 aliphatic carbocycles. The highest BCUT2D eigenvalue weighted by Crippen LogP contribution is 2.23. The van der Waals surface area contributed by atoms with Crippen LogP contribution in [0.1, 0.15) is 46.0 Å². The van der Waals surface area contributed by atoms with E-state index in [0.29, 0.717) is 22.0 Å². The van der Waals surface area contributed by atoms with Crippen LogP contribution in [-0.4, -0.2) is 41.0 Å². The monoisotopic (exact) mass is 421 g/mol. The number of hydrogen-bond donors (Lipinski definition) is 2. The molecule has 0 saturated heterocycles. The van der Waals surface area contributed by atoms with Crippen LogP contribution in [0.5, 0.6) is 0 Å². The smallest absolute Gasteiger partial charge is 0.339 e. The van der Waals surface area contributed by atoms with Gasteiger partial charge in [0.2, 0.25) is 0 Å². The minimum Gasteiger partial charge on any atom is -0.462 e. The predicted molar refractivity (Wildman–Crippen MR) is 107 cm³/mol. The van der Waals surface area contributed by atoms with Gasteiger partial charge in [0.25, 0.3) is 11.8 Å². The van der Waals surface area contributed by atoms with Gasteiger partial charge in [-0.25, -0.2) is 4.79 Å². The Kier molecular flexibility index (Phi) is 7.16. The zero-order chi connectivity index (χ0) is 21.7. The molecule has 0 aromatic carbocycles. The summed E-state index contributed by atoms with van der Waals surface area (Å²) in [5.41, 5.74) is 7.06. The van der Waals surface area contributed by atoms with Crippen molar-refractivity contribution in [2.75, 3.05) is 11.9 Å². The van der Waals surface area contributed by atoms with Gasteiger partial charge in [-0.2, -0.15) is 0 Å². The van der Waals surface area contributed by atoms with E-state index in [4.69, 9.17) is 15.2 Å². The van der Waals surface area contributed by atoms with Crippen LogP contribution in [0.15, 0.2) is 17.5 Å². The third-order valence-electron chi connectivity index (χ3n) is 4.20. The summed E-state index contributed by atoms with van der Waals surface area (Å²) >= 11 is 1.14. The molecule has 10 heteroatoms. The number of aryl methyl sites for hydroxylation is 1. The number of aromatic nitrogens is 1. The molecular weight excluding hydrogens is 398 g/mol. The van der Waals surface area contributed by atoms with Gasteiger partial charge < -0.3 is 25.1 Å². The number of carbonyl (C=O) groups is 4. The molecule has 156 valence electrons. The van der Waals surface area contributed by atoms with Crippen molar-refractivity contribution in [2.24, 2.45) is 5.73 Å². The number of hydrogen-bond acceptors (Lipinski definition) is 7. The van der Waals surface area contributed by atoms with Crippen molar-refractivity contribution in [3.63, 3.8) is 0 Å². The quantitative estimate of drug-likeness (QED) is 0.627. The van der Waals surface area contributed by atoms with Gasteiger partial charge in [-0.3, -0.25) is 14.4 Å². The molecule has 0 radical (unpaired) electrons. The normalized spacial score (nSPS) is 11.6. The minimum atomic E-state index is -1.09. The predicted octanol–water partition coefficient (Wildman–Crippen LogP) is 2.01. The maximum absolute atomic E-state index is 12.3. The van der Waals surface area contributed by atoms with Crippen LogP contribution in [0.25, 0.3) is 0 Å². The fourth-order valence-electron chi connectivity index (χ4n) is 2.69. The molecule has 2 heterocycles. The Morgan fingerprint density at radius 2 is 1.93 bits per heavy atom. The standard InChI is InChI=1S/C19H23N3O6S/c1-5-27-19(26)14-8-10(2)22(11(14)3)9-15(23)28-12(4)17(25)21-18-13(16(20)24)6-7-29-18/h6-8,12H,5,9H2,1-4H3,(H2,20,24)(H,21,25). The average Bonchev–Trinajstić information content (AvgIpc) is 3.21. The molecule has 3 N–H and O–H groups in total. The van der Waals surface area contributed by atoms with Crippen molar-refractivity contribution in [1.82, 2.24) is 4.57 Å². The number of primary amides is 1. The van der Waals surface area contributed by atoms with Crippen LogP contribution in [0.4, 0.5) is 5.00 Å². The van der Waals surface area contributed by atoms with Gasteiger partial charge in [0.05, 0.1) is 17.7 Å². The Morgan fingerprint density at radius 3 is 2.55 bits per heavy atom. The fraction of sp³-hybridized carbons (Fsp3) is 0.368. The molecule has 2 aromatic heterocycles. The zero-order valence-corrected chi connectivity index (χ0v) is 17.4. The van der Waals surface area contributed by atoms with Crippen LogP contribution in [0.3, 0.4) is 0 Å². The number of esters is 2. The van der Waals surface area contributed by atoms with Crippen molar-refractivity contribution in [3.8, 4) is 0 Å². The largest absolute Gasteiger partial charge is 0.462 e. The lowest BCUT2D eigenvalue weighted by atomic mass is 10.2. The second-order valence-electron chi connectivity index (χ2n) is 6.24. The molecule has 9 nitrogen and oxygen atoms in total. The molecule has 0 aliphatic heterocycles. The highest BCUT2D eigenvalue weighted by Gasteiger charge is 2.23. The van der Waals surface area contributed by atoms with Crippen LogP contribution < -0.4 is 11.1 Å². The zero-order valence-electron chi connectivity index (χ0n) is 16.6. The summed E-state index contributed by atoms with van der Waals surface area (Å²) in [6.45, 7) is 6.67. The first-order valence-corrected chi connectivity index (χ1v) is 9.75. The first-order chi connectivity index (χ1) is 13.6. The second-order valence-corrected chi connectivity index (χ2v) is 7.16. The second kappa shape index (κ2) is 9.37.